The van der Waals surface area contributed by atoms with E-state index in [1.807, 2.05) is 13.0 Å². The Balaban J connectivity index is 3.20. The Kier molecular flexibility index (Phi) is 4.61. The molecule has 0 aromatic heterocycles. The van der Waals surface area contributed by atoms with E-state index in [0.29, 0.717) is 6.42 Å². The van der Waals surface area contributed by atoms with Crippen molar-refractivity contribution in [1.82, 2.24) is 0 Å². The lowest BCUT2D eigenvalue weighted by molar-refractivity contribution is -0.141. The van der Waals surface area contributed by atoms with Crippen molar-refractivity contribution < 1.29 is 14.6 Å². The highest BCUT2D eigenvalue weighted by atomic mass is 16.5. The van der Waals surface area contributed by atoms with Crippen LogP contribution >= 0.6 is 0 Å². The van der Waals surface area contributed by atoms with E-state index >= 15 is 0 Å². The molecule has 0 radical (unpaired) electrons. The maximum absolute atomic E-state index is 11.0. The molecule has 3 heteroatoms. The predicted molar refractivity (Wildman–Crippen MR) is 76.9 cm³/mol. The minimum atomic E-state index is -0.765. The first-order valence-electron chi connectivity index (χ1n) is 6.57. The summed E-state index contributed by atoms with van der Waals surface area (Å²) in [6.45, 7) is 10.2. The first-order valence-corrected chi connectivity index (χ1v) is 6.57. The minimum Gasteiger partial charge on any atom is -0.496 e. The zero-order valence-corrected chi connectivity index (χ0v) is 12.7. The van der Waals surface area contributed by atoms with Gasteiger partial charge < -0.3 is 9.84 Å². The molecule has 1 N–H and O–H groups in total. The molecular formula is C16H24O3. The second kappa shape index (κ2) is 5.64. The topological polar surface area (TPSA) is 46.5 Å². The van der Waals surface area contributed by atoms with Crippen LogP contribution in [0.3, 0.4) is 0 Å². The van der Waals surface area contributed by atoms with Gasteiger partial charge in [-0.05, 0) is 41.5 Å². The van der Waals surface area contributed by atoms with Crippen molar-refractivity contribution in [1.29, 1.82) is 0 Å². The Hall–Kier alpha value is -1.51. The maximum Gasteiger partial charge on any atom is 0.306 e. The number of carboxylic acids is 1. The maximum atomic E-state index is 11.0. The van der Waals surface area contributed by atoms with Crippen LogP contribution in [0, 0.1) is 12.8 Å². The van der Waals surface area contributed by atoms with Crippen molar-refractivity contribution >= 4 is 5.97 Å². The van der Waals surface area contributed by atoms with Crippen LogP contribution in [0.25, 0.3) is 0 Å². The zero-order chi connectivity index (χ0) is 14.8. The van der Waals surface area contributed by atoms with Crippen molar-refractivity contribution in [3.63, 3.8) is 0 Å². The van der Waals surface area contributed by atoms with Crippen LogP contribution in [0.2, 0.25) is 0 Å². The van der Waals surface area contributed by atoms with Crippen molar-refractivity contribution in [3.05, 3.63) is 28.8 Å². The van der Waals surface area contributed by atoms with Gasteiger partial charge >= 0.3 is 5.97 Å². The molecule has 0 fully saturated rings. The average molecular weight is 264 g/mol. The molecule has 0 bridgehead atoms. The summed E-state index contributed by atoms with van der Waals surface area (Å²) < 4.78 is 5.46. The Morgan fingerprint density at radius 1 is 1.37 bits per heavy atom. The summed E-state index contributed by atoms with van der Waals surface area (Å²) in [5, 5.41) is 9.01. The minimum absolute atomic E-state index is 0.00699. The summed E-state index contributed by atoms with van der Waals surface area (Å²) >= 11 is 0. The monoisotopic (exact) mass is 264 g/mol. The Morgan fingerprint density at radius 2 is 1.95 bits per heavy atom. The average Bonchev–Trinajstić information content (AvgIpc) is 2.29. The van der Waals surface area contributed by atoms with Gasteiger partial charge in [-0.15, -0.1) is 0 Å². The number of ether oxygens (including phenoxy) is 1. The number of aliphatic carboxylic acids is 1. The van der Waals surface area contributed by atoms with E-state index in [1.165, 1.54) is 0 Å². The van der Waals surface area contributed by atoms with Gasteiger partial charge in [0.05, 0.1) is 13.0 Å². The number of aryl methyl sites for hydroxylation is 1. The molecule has 0 amide bonds. The predicted octanol–water partition coefficient (Wildman–Crippen LogP) is 3.56. The van der Waals surface area contributed by atoms with E-state index in [4.69, 9.17) is 9.84 Å². The second-order valence-corrected chi connectivity index (χ2v) is 6.17. The highest BCUT2D eigenvalue weighted by molar-refractivity contribution is 5.70. The molecule has 0 aliphatic carbocycles. The van der Waals surface area contributed by atoms with Crippen LogP contribution < -0.4 is 4.74 Å². The van der Waals surface area contributed by atoms with E-state index in [0.717, 1.165) is 22.4 Å². The third-order valence-electron chi connectivity index (χ3n) is 3.41. The number of hydrogen-bond donors (Lipinski definition) is 1. The van der Waals surface area contributed by atoms with Gasteiger partial charge in [0.2, 0.25) is 0 Å². The molecule has 19 heavy (non-hydrogen) atoms. The highest BCUT2D eigenvalue weighted by Gasteiger charge is 2.21. The van der Waals surface area contributed by atoms with E-state index in [2.05, 4.69) is 26.8 Å². The summed E-state index contributed by atoms with van der Waals surface area (Å²) in [4.78, 5) is 11.0. The molecule has 0 aliphatic heterocycles. The fraction of sp³-hybridized carbons (Fsp3) is 0.562. The number of rotatable bonds is 4. The van der Waals surface area contributed by atoms with E-state index < -0.39 is 5.97 Å². The molecule has 1 aromatic carbocycles. The molecule has 0 saturated heterocycles. The summed E-state index contributed by atoms with van der Waals surface area (Å²) in [7, 11) is 1.66. The fourth-order valence-electron chi connectivity index (χ4n) is 2.12. The first-order chi connectivity index (χ1) is 8.66. The smallest absolute Gasteiger partial charge is 0.306 e. The molecule has 1 aromatic rings. The second-order valence-electron chi connectivity index (χ2n) is 6.17. The molecule has 0 saturated carbocycles. The van der Waals surface area contributed by atoms with Gasteiger partial charge in [0.1, 0.15) is 5.75 Å². The number of hydrogen-bond acceptors (Lipinski definition) is 2. The molecule has 1 unspecified atom stereocenters. The standard InChI is InChI=1S/C16H24O3/c1-10-8-13(16(3,4)5)14(19-6)9-12(10)7-11(2)15(17)18/h8-9,11H,7H2,1-6H3,(H,17,18). The van der Waals surface area contributed by atoms with Gasteiger partial charge in [0.25, 0.3) is 0 Å². The molecule has 0 heterocycles. The third kappa shape index (κ3) is 3.72. The number of methoxy groups -OCH3 is 1. The van der Waals surface area contributed by atoms with Gasteiger partial charge in [0.15, 0.2) is 0 Å². The van der Waals surface area contributed by atoms with Crippen molar-refractivity contribution in [2.45, 2.75) is 46.5 Å². The number of carbonyl (C=O) groups is 1. The normalized spacial score (nSPS) is 13.2. The van der Waals surface area contributed by atoms with Crippen LogP contribution in [0.15, 0.2) is 12.1 Å². The Bertz CT molecular complexity index is 470. The van der Waals surface area contributed by atoms with Crippen LogP contribution in [0.4, 0.5) is 0 Å². The van der Waals surface area contributed by atoms with E-state index in [1.54, 1.807) is 14.0 Å². The number of benzene rings is 1. The molecule has 0 spiro atoms. The van der Waals surface area contributed by atoms with E-state index in [9.17, 15) is 4.79 Å². The Labute approximate surface area is 115 Å². The van der Waals surface area contributed by atoms with Gasteiger partial charge in [-0.25, -0.2) is 0 Å². The fourth-order valence-corrected chi connectivity index (χ4v) is 2.12. The van der Waals surface area contributed by atoms with Gasteiger partial charge in [-0.2, -0.15) is 0 Å². The van der Waals surface area contributed by atoms with Crippen LogP contribution in [-0.2, 0) is 16.6 Å². The van der Waals surface area contributed by atoms with Crippen LogP contribution in [-0.4, -0.2) is 18.2 Å². The summed E-state index contributed by atoms with van der Waals surface area (Å²) in [5.74, 6) is -0.312. The molecule has 1 atom stereocenters. The van der Waals surface area contributed by atoms with Gasteiger partial charge in [-0.3, -0.25) is 4.79 Å². The van der Waals surface area contributed by atoms with Gasteiger partial charge in [0, 0.05) is 0 Å². The van der Waals surface area contributed by atoms with Crippen LogP contribution in [0.5, 0.6) is 5.75 Å². The summed E-state index contributed by atoms with van der Waals surface area (Å²) in [6, 6.07) is 4.10. The van der Waals surface area contributed by atoms with Gasteiger partial charge in [-0.1, -0.05) is 33.8 Å². The summed E-state index contributed by atoms with van der Waals surface area (Å²) in [6.07, 6.45) is 0.530. The lowest BCUT2D eigenvalue weighted by Crippen LogP contribution is -2.16. The number of carboxylic acid groups (broad SMARTS) is 1. The molecule has 106 valence electrons. The molecular weight excluding hydrogens is 240 g/mol. The molecule has 3 nitrogen and oxygen atoms in total. The lowest BCUT2D eigenvalue weighted by atomic mass is 9.83. The Morgan fingerprint density at radius 3 is 2.37 bits per heavy atom. The highest BCUT2D eigenvalue weighted by Crippen LogP contribution is 2.34. The largest absolute Gasteiger partial charge is 0.496 e. The van der Waals surface area contributed by atoms with Crippen molar-refractivity contribution in [3.8, 4) is 5.75 Å². The SMILES string of the molecule is COc1cc(CC(C)C(=O)O)c(C)cc1C(C)(C)C. The molecule has 0 aliphatic rings. The first kappa shape index (κ1) is 15.5. The van der Waals surface area contributed by atoms with E-state index in [-0.39, 0.29) is 11.3 Å². The zero-order valence-electron chi connectivity index (χ0n) is 12.7. The quantitative estimate of drug-likeness (QED) is 0.904. The van der Waals surface area contributed by atoms with Crippen molar-refractivity contribution in [2.24, 2.45) is 5.92 Å². The third-order valence-corrected chi connectivity index (χ3v) is 3.41. The summed E-state index contributed by atoms with van der Waals surface area (Å²) in [5.41, 5.74) is 3.32. The molecule has 1 rings (SSSR count). The van der Waals surface area contributed by atoms with Crippen molar-refractivity contribution in [2.75, 3.05) is 7.11 Å². The lowest BCUT2D eigenvalue weighted by Gasteiger charge is -2.24. The van der Waals surface area contributed by atoms with Crippen LogP contribution in [0.1, 0.15) is 44.4 Å².